The zero-order chi connectivity index (χ0) is 23.8. The molecule has 1 saturated heterocycles. The van der Waals surface area contributed by atoms with Gasteiger partial charge in [-0.25, -0.2) is 4.98 Å². The number of rotatable bonds is 5. The van der Waals surface area contributed by atoms with E-state index in [4.69, 9.17) is 9.40 Å². The van der Waals surface area contributed by atoms with Crippen molar-refractivity contribution >= 4 is 44.3 Å². The van der Waals surface area contributed by atoms with E-state index in [1.165, 1.54) is 0 Å². The molecule has 1 aliphatic heterocycles. The molecule has 35 heavy (non-hydrogen) atoms. The quantitative estimate of drug-likeness (QED) is 0.333. The van der Waals surface area contributed by atoms with Gasteiger partial charge in [0.1, 0.15) is 11.4 Å². The van der Waals surface area contributed by atoms with E-state index >= 15 is 0 Å². The van der Waals surface area contributed by atoms with Crippen molar-refractivity contribution in [3.05, 3.63) is 88.6 Å². The number of hydrogen-bond acceptors (Lipinski definition) is 6. The van der Waals surface area contributed by atoms with E-state index in [0.29, 0.717) is 25.4 Å². The summed E-state index contributed by atoms with van der Waals surface area (Å²) in [5.74, 6) is 1.47. The lowest BCUT2D eigenvalue weighted by molar-refractivity contribution is 0.0682. The number of carbonyl (C=O) groups is 1. The third kappa shape index (κ3) is 4.27. The number of halogens is 1. The number of anilines is 1. The molecule has 5 heterocycles. The number of hydrogen-bond donors (Lipinski definition) is 1. The number of benzene rings is 1. The van der Waals surface area contributed by atoms with Crippen LogP contribution in [0, 0.1) is 0 Å². The predicted molar refractivity (Wildman–Crippen MR) is 136 cm³/mol. The monoisotopic (exact) mass is 530 g/mol. The molecule has 1 aromatic carbocycles. The summed E-state index contributed by atoms with van der Waals surface area (Å²) in [6, 6.07) is 15.6. The summed E-state index contributed by atoms with van der Waals surface area (Å²) in [5.41, 5.74) is 3.60. The van der Waals surface area contributed by atoms with Crippen molar-refractivity contribution in [2.75, 3.05) is 18.4 Å². The topological polar surface area (TPSA) is 88.6 Å². The van der Waals surface area contributed by atoms with E-state index < -0.39 is 0 Å². The van der Waals surface area contributed by atoms with E-state index in [-0.39, 0.29) is 11.8 Å². The molecule has 0 aliphatic carbocycles. The molecule has 176 valence electrons. The molecule has 4 aromatic heterocycles. The van der Waals surface area contributed by atoms with Gasteiger partial charge in [0.15, 0.2) is 11.4 Å². The normalized spacial score (nSPS) is 14.6. The Balaban J connectivity index is 1.19. The fraction of sp³-hybridized carbons (Fsp3) is 0.231. The van der Waals surface area contributed by atoms with Gasteiger partial charge >= 0.3 is 0 Å². The lowest BCUT2D eigenvalue weighted by atomic mass is 9.93. The van der Waals surface area contributed by atoms with Crippen LogP contribution in [0.25, 0.3) is 16.6 Å². The number of aromatic nitrogens is 4. The molecule has 0 unspecified atom stereocenters. The molecule has 5 aromatic rings. The van der Waals surface area contributed by atoms with Crippen molar-refractivity contribution in [1.29, 1.82) is 0 Å². The van der Waals surface area contributed by atoms with Crippen molar-refractivity contribution in [2.45, 2.75) is 25.3 Å². The fourth-order valence-electron chi connectivity index (χ4n) is 4.61. The average Bonchev–Trinajstić information content (AvgIpc) is 3.51. The predicted octanol–water partition coefficient (Wildman–Crippen LogP) is 5.26. The molecular formula is C26H23BrN6O2. The SMILES string of the molecule is O=C(c1cc2ccccc2o1)N1CCC(c2cc(NCc3cccnc3)n3ncc(Br)c3n2)CC1. The van der Waals surface area contributed by atoms with Crippen molar-refractivity contribution in [1.82, 2.24) is 24.5 Å². The number of nitrogens with one attached hydrogen (secondary N) is 1. The molecule has 6 rings (SSSR count). The maximum absolute atomic E-state index is 13.1. The van der Waals surface area contributed by atoms with Gasteiger partial charge in [-0.05, 0) is 52.5 Å². The highest BCUT2D eigenvalue weighted by Crippen LogP contribution is 2.31. The lowest BCUT2D eigenvalue weighted by Gasteiger charge is -2.31. The molecule has 0 radical (unpaired) electrons. The van der Waals surface area contributed by atoms with Gasteiger partial charge in [0.2, 0.25) is 0 Å². The largest absolute Gasteiger partial charge is 0.451 e. The molecule has 0 saturated carbocycles. The molecule has 1 amide bonds. The van der Waals surface area contributed by atoms with Gasteiger partial charge in [-0.3, -0.25) is 9.78 Å². The minimum Gasteiger partial charge on any atom is -0.451 e. The first-order chi connectivity index (χ1) is 17.2. The van der Waals surface area contributed by atoms with E-state index in [9.17, 15) is 4.79 Å². The molecule has 0 atom stereocenters. The summed E-state index contributed by atoms with van der Waals surface area (Å²) in [4.78, 5) is 24.0. The van der Waals surface area contributed by atoms with Crippen LogP contribution in [-0.2, 0) is 6.54 Å². The number of carbonyl (C=O) groups excluding carboxylic acids is 1. The molecule has 8 nitrogen and oxygen atoms in total. The summed E-state index contributed by atoms with van der Waals surface area (Å²) < 4.78 is 8.45. The molecule has 0 bridgehead atoms. The van der Waals surface area contributed by atoms with Crippen LogP contribution >= 0.6 is 15.9 Å². The lowest BCUT2D eigenvalue weighted by Crippen LogP contribution is -2.38. The van der Waals surface area contributed by atoms with Crippen LogP contribution in [0.4, 0.5) is 5.82 Å². The van der Waals surface area contributed by atoms with Crippen molar-refractivity contribution in [2.24, 2.45) is 0 Å². The average molecular weight is 531 g/mol. The second-order valence-corrected chi connectivity index (χ2v) is 9.58. The third-order valence-electron chi connectivity index (χ3n) is 6.48. The van der Waals surface area contributed by atoms with Crippen LogP contribution in [0.1, 0.15) is 40.6 Å². The fourth-order valence-corrected chi connectivity index (χ4v) is 4.95. The molecule has 1 aliphatic rings. The number of amides is 1. The Kier molecular flexibility index (Phi) is 5.69. The Labute approximate surface area is 210 Å². The summed E-state index contributed by atoms with van der Waals surface area (Å²) in [5, 5.41) is 8.90. The Morgan fingerprint density at radius 1 is 1.11 bits per heavy atom. The molecule has 9 heteroatoms. The van der Waals surface area contributed by atoms with Gasteiger partial charge in [0.05, 0.1) is 10.7 Å². The summed E-state index contributed by atoms with van der Waals surface area (Å²) in [7, 11) is 0. The standard InChI is InChI=1S/C26H23BrN6O2/c27-20-16-30-33-24(29-15-17-4-3-9-28-14-17)13-21(31-25(20)33)18-7-10-32(11-8-18)26(34)23-12-19-5-1-2-6-22(19)35-23/h1-6,9,12-14,16,18,29H,7-8,10-11,15H2. The highest BCUT2D eigenvalue weighted by Gasteiger charge is 2.28. The number of furan rings is 1. The smallest absolute Gasteiger partial charge is 0.289 e. The maximum Gasteiger partial charge on any atom is 0.289 e. The van der Waals surface area contributed by atoms with Gasteiger partial charge < -0.3 is 14.6 Å². The second kappa shape index (κ2) is 9.14. The third-order valence-corrected chi connectivity index (χ3v) is 7.04. The Hall–Kier alpha value is -3.72. The summed E-state index contributed by atoms with van der Waals surface area (Å²) in [6.07, 6.45) is 7.05. The van der Waals surface area contributed by atoms with E-state index in [2.05, 4.69) is 37.4 Å². The van der Waals surface area contributed by atoms with Crippen LogP contribution in [0.15, 0.2) is 76.0 Å². The highest BCUT2D eigenvalue weighted by molar-refractivity contribution is 9.10. The van der Waals surface area contributed by atoms with Crippen molar-refractivity contribution < 1.29 is 9.21 Å². The molecular weight excluding hydrogens is 508 g/mol. The van der Waals surface area contributed by atoms with Gasteiger partial charge in [0.25, 0.3) is 5.91 Å². The zero-order valence-electron chi connectivity index (χ0n) is 18.9. The van der Waals surface area contributed by atoms with Crippen LogP contribution in [0.3, 0.4) is 0 Å². The number of fused-ring (bicyclic) bond motifs is 2. The van der Waals surface area contributed by atoms with Gasteiger partial charge in [-0.1, -0.05) is 24.3 Å². The maximum atomic E-state index is 13.1. The number of pyridine rings is 1. The van der Waals surface area contributed by atoms with E-state index in [1.807, 2.05) is 58.1 Å². The minimum atomic E-state index is -0.0552. The summed E-state index contributed by atoms with van der Waals surface area (Å²) >= 11 is 3.58. The molecule has 1 N–H and O–H groups in total. The van der Waals surface area contributed by atoms with Gasteiger partial charge in [-0.2, -0.15) is 9.61 Å². The first kappa shape index (κ1) is 21.8. The van der Waals surface area contributed by atoms with E-state index in [1.54, 1.807) is 12.4 Å². The summed E-state index contributed by atoms with van der Waals surface area (Å²) in [6.45, 7) is 1.95. The minimum absolute atomic E-state index is 0.0552. The number of likely N-dealkylation sites (tertiary alicyclic amines) is 1. The van der Waals surface area contributed by atoms with Gasteiger partial charge in [0, 0.05) is 55.1 Å². The van der Waals surface area contributed by atoms with Crippen molar-refractivity contribution in [3.8, 4) is 0 Å². The number of piperidine rings is 1. The highest BCUT2D eigenvalue weighted by atomic mass is 79.9. The van der Waals surface area contributed by atoms with E-state index in [0.717, 1.165) is 51.0 Å². The zero-order valence-corrected chi connectivity index (χ0v) is 20.5. The number of nitrogens with zero attached hydrogens (tertiary/aromatic N) is 5. The first-order valence-corrected chi connectivity index (χ1v) is 12.4. The van der Waals surface area contributed by atoms with Crippen LogP contribution in [0.2, 0.25) is 0 Å². The first-order valence-electron chi connectivity index (χ1n) is 11.6. The van der Waals surface area contributed by atoms with Crippen LogP contribution in [-0.4, -0.2) is 43.5 Å². The molecule has 1 fully saturated rings. The Bertz CT molecular complexity index is 1470. The van der Waals surface area contributed by atoms with Crippen LogP contribution in [0.5, 0.6) is 0 Å². The van der Waals surface area contributed by atoms with Crippen LogP contribution < -0.4 is 5.32 Å². The number of para-hydroxylation sites is 1. The van der Waals surface area contributed by atoms with Crippen molar-refractivity contribution in [3.63, 3.8) is 0 Å². The Morgan fingerprint density at radius 2 is 1.97 bits per heavy atom. The molecule has 0 spiro atoms. The Morgan fingerprint density at radius 3 is 2.77 bits per heavy atom. The second-order valence-electron chi connectivity index (χ2n) is 8.72. The van der Waals surface area contributed by atoms with Gasteiger partial charge in [-0.15, -0.1) is 0 Å².